The van der Waals surface area contributed by atoms with Crippen molar-refractivity contribution in [3.05, 3.63) is 39.3 Å². The number of hydrogen-bond donors (Lipinski definition) is 1. The van der Waals surface area contributed by atoms with E-state index >= 15 is 0 Å². The van der Waals surface area contributed by atoms with Crippen LogP contribution in [-0.2, 0) is 17.8 Å². The Hall–Kier alpha value is -1.66. The van der Waals surface area contributed by atoms with Crippen molar-refractivity contribution in [3.63, 3.8) is 0 Å². The maximum Gasteiger partial charge on any atom is 0.269 e. The van der Waals surface area contributed by atoms with Crippen LogP contribution < -0.4 is 5.32 Å². The van der Waals surface area contributed by atoms with E-state index in [1.807, 2.05) is 19.9 Å². The van der Waals surface area contributed by atoms with Crippen LogP contribution in [0.3, 0.4) is 0 Å². The maximum absolute atomic E-state index is 12.3. The second-order valence-electron chi connectivity index (χ2n) is 4.79. The second kappa shape index (κ2) is 7.38. The summed E-state index contributed by atoms with van der Waals surface area (Å²) < 4.78 is 7.03. The number of ether oxygens (including phenoxy) is 1. The number of thiophene rings is 1. The number of nitrogens with zero attached hydrogens (tertiary/aromatic N) is 2. The molecular formula is C15H21N3O2S. The standard InChI is InChI=1S/C15H21N3O2S/c1-4-20-8-7-18-14(9-11(2)17-18)15(19)16-10-13-6-5-12(3)21-13/h5-6,9H,4,7-8,10H2,1-3H3,(H,16,19). The van der Waals surface area contributed by atoms with Gasteiger partial charge in [-0.05, 0) is 39.0 Å². The van der Waals surface area contributed by atoms with Crippen LogP contribution in [0, 0.1) is 13.8 Å². The zero-order valence-electron chi connectivity index (χ0n) is 12.7. The normalized spacial score (nSPS) is 10.8. The second-order valence-corrected chi connectivity index (χ2v) is 6.16. The third-order valence-corrected chi connectivity index (χ3v) is 4.01. The Morgan fingerprint density at radius 3 is 2.90 bits per heavy atom. The van der Waals surface area contributed by atoms with Gasteiger partial charge in [-0.2, -0.15) is 5.10 Å². The molecule has 0 aliphatic rings. The zero-order chi connectivity index (χ0) is 15.2. The molecule has 114 valence electrons. The van der Waals surface area contributed by atoms with Crippen molar-refractivity contribution in [1.29, 1.82) is 0 Å². The first kappa shape index (κ1) is 15.7. The van der Waals surface area contributed by atoms with Crippen molar-refractivity contribution in [2.75, 3.05) is 13.2 Å². The highest BCUT2D eigenvalue weighted by Gasteiger charge is 2.13. The molecule has 0 radical (unpaired) electrons. The molecule has 0 aliphatic carbocycles. The number of rotatable bonds is 7. The molecule has 0 bridgehead atoms. The summed E-state index contributed by atoms with van der Waals surface area (Å²) in [5.41, 5.74) is 1.42. The minimum absolute atomic E-state index is 0.0989. The van der Waals surface area contributed by atoms with Crippen LogP contribution in [0.15, 0.2) is 18.2 Å². The summed E-state index contributed by atoms with van der Waals surface area (Å²) in [7, 11) is 0. The van der Waals surface area contributed by atoms with Crippen molar-refractivity contribution in [1.82, 2.24) is 15.1 Å². The van der Waals surface area contributed by atoms with Gasteiger partial charge in [0.25, 0.3) is 5.91 Å². The fraction of sp³-hybridized carbons (Fsp3) is 0.467. The van der Waals surface area contributed by atoms with Crippen LogP contribution in [0.5, 0.6) is 0 Å². The monoisotopic (exact) mass is 307 g/mol. The smallest absolute Gasteiger partial charge is 0.269 e. The highest BCUT2D eigenvalue weighted by atomic mass is 32.1. The number of aromatic nitrogens is 2. The molecule has 0 unspecified atom stereocenters. The van der Waals surface area contributed by atoms with Crippen LogP contribution in [-0.4, -0.2) is 28.9 Å². The van der Waals surface area contributed by atoms with Crippen LogP contribution in [0.4, 0.5) is 0 Å². The van der Waals surface area contributed by atoms with Gasteiger partial charge in [-0.15, -0.1) is 11.3 Å². The molecule has 0 saturated carbocycles. The van der Waals surface area contributed by atoms with Crippen molar-refractivity contribution in [2.45, 2.75) is 33.9 Å². The summed E-state index contributed by atoms with van der Waals surface area (Å²) >= 11 is 1.69. The van der Waals surface area contributed by atoms with Gasteiger partial charge in [-0.1, -0.05) is 0 Å². The molecule has 0 aromatic carbocycles. The molecule has 2 aromatic rings. The van der Waals surface area contributed by atoms with Gasteiger partial charge in [0, 0.05) is 16.4 Å². The first-order valence-corrected chi connectivity index (χ1v) is 7.87. The minimum atomic E-state index is -0.0989. The number of carbonyl (C=O) groups excluding carboxylic acids is 1. The molecule has 1 amide bonds. The highest BCUT2D eigenvalue weighted by Crippen LogP contribution is 2.14. The minimum Gasteiger partial charge on any atom is -0.380 e. The molecule has 1 N–H and O–H groups in total. The number of amides is 1. The van der Waals surface area contributed by atoms with E-state index in [4.69, 9.17) is 4.74 Å². The fourth-order valence-corrected chi connectivity index (χ4v) is 2.86. The van der Waals surface area contributed by atoms with Crippen LogP contribution in [0.2, 0.25) is 0 Å². The lowest BCUT2D eigenvalue weighted by Gasteiger charge is -2.08. The maximum atomic E-state index is 12.3. The molecule has 0 aliphatic heterocycles. The summed E-state index contributed by atoms with van der Waals surface area (Å²) in [5.74, 6) is -0.0989. The van der Waals surface area contributed by atoms with Gasteiger partial charge in [0.1, 0.15) is 5.69 Å². The van der Waals surface area contributed by atoms with Gasteiger partial charge in [-0.25, -0.2) is 0 Å². The summed E-state index contributed by atoms with van der Waals surface area (Å²) in [6.45, 7) is 8.25. The zero-order valence-corrected chi connectivity index (χ0v) is 13.5. The molecule has 0 saturated heterocycles. The molecule has 5 nitrogen and oxygen atoms in total. The van der Waals surface area contributed by atoms with Crippen molar-refractivity contribution < 1.29 is 9.53 Å². The topological polar surface area (TPSA) is 56.2 Å². The fourth-order valence-electron chi connectivity index (χ4n) is 2.03. The number of carbonyl (C=O) groups is 1. The number of nitrogens with one attached hydrogen (secondary N) is 1. The number of aryl methyl sites for hydroxylation is 2. The average molecular weight is 307 g/mol. The van der Waals surface area contributed by atoms with Crippen molar-refractivity contribution in [2.24, 2.45) is 0 Å². The molecule has 0 fully saturated rings. The molecular weight excluding hydrogens is 286 g/mol. The molecule has 2 rings (SSSR count). The van der Waals surface area contributed by atoms with E-state index in [1.165, 1.54) is 4.88 Å². The van der Waals surface area contributed by atoms with E-state index in [1.54, 1.807) is 22.1 Å². The van der Waals surface area contributed by atoms with E-state index < -0.39 is 0 Å². The van der Waals surface area contributed by atoms with E-state index in [0.29, 0.717) is 32.0 Å². The third kappa shape index (κ3) is 4.41. The Bertz CT molecular complexity index is 604. The molecule has 2 heterocycles. The van der Waals surface area contributed by atoms with Crippen molar-refractivity contribution in [3.8, 4) is 0 Å². The molecule has 0 spiro atoms. The summed E-state index contributed by atoms with van der Waals surface area (Å²) in [5, 5.41) is 7.28. The summed E-state index contributed by atoms with van der Waals surface area (Å²) in [6.07, 6.45) is 0. The van der Waals surface area contributed by atoms with Crippen LogP contribution in [0.25, 0.3) is 0 Å². The van der Waals surface area contributed by atoms with Crippen LogP contribution in [0.1, 0.15) is 32.9 Å². The predicted octanol–water partition coefficient (Wildman–Crippen LogP) is 2.53. The van der Waals surface area contributed by atoms with Gasteiger partial charge in [-0.3, -0.25) is 9.48 Å². The largest absolute Gasteiger partial charge is 0.380 e. The Labute approximate surface area is 128 Å². The third-order valence-electron chi connectivity index (χ3n) is 3.01. The summed E-state index contributed by atoms with van der Waals surface area (Å²) in [4.78, 5) is 14.7. The summed E-state index contributed by atoms with van der Waals surface area (Å²) in [6, 6.07) is 5.90. The van der Waals surface area contributed by atoms with Gasteiger partial charge >= 0.3 is 0 Å². The molecule has 6 heteroatoms. The average Bonchev–Trinajstić information content (AvgIpc) is 3.02. The highest BCUT2D eigenvalue weighted by molar-refractivity contribution is 7.11. The molecule has 0 atom stereocenters. The molecule has 21 heavy (non-hydrogen) atoms. The Morgan fingerprint density at radius 1 is 1.43 bits per heavy atom. The number of hydrogen-bond acceptors (Lipinski definition) is 4. The van der Waals surface area contributed by atoms with Gasteiger partial charge in [0.2, 0.25) is 0 Å². The lowest BCUT2D eigenvalue weighted by atomic mass is 10.3. The lowest BCUT2D eigenvalue weighted by molar-refractivity contribution is 0.0933. The Balaban J connectivity index is 1.97. The van der Waals surface area contributed by atoms with Gasteiger partial charge < -0.3 is 10.1 Å². The van der Waals surface area contributed by atoms with Gasteiger partial charge in [0.15, 0.2) is 0 Å². The van der Waals surface area contributed by atoms with E-state index in [2.05, 4.69) is 23.4 Å². The van der Waals surface area contributed by atoms with Crippen molar-refractivity contribution >= 4 is 17.2 Å². The lowest BCUT2D eigenvalue weighted by Crippen LogP contribution is -2.26. The first-order chi connectivity index (χ1) is 10.1. The first-order valence-electron chi connectivity index (χ1n) is 7.06. The van der Waals surface area contributed by atoms with E-state index in [-0.39, 0.29) is 5.91 Å². The Kier molecular flexibility index (Phi) is 5.52. The SMILES string of the molecule is CCOCCn1nc(C)cc1C(=O)NCc1ccc(C)s1. The molecule has 2 aromatic heterocycles. The predicted molar refractivity (Wildman–Crippen MR) is 83.7 cm³/mol. The Morgan fingerprint density at radius 2 is 2.24 bits per heavy atom. The van der Waals surface area contributed by atoms with E-state index in [9.17, 15) is 4.79 Å². The van der Waals surface area contributed by atoms with Crippen LogP contribution >= 0.6 is 11.3 Å². The van der Waals surface area contributed by atoms with E-state index in [0.717, 1.165) is 10.6 Å². The quantitative estimate of drug-likeness (QED) is 0.800. The van der Waals surface area contributed by atoms with Gasteiger partial charge in [0.05, 0.1) is 25.4 Å².